The van der Waals surface area contributed by atoms with Crippen molar-refractivity contribution in [1.82, 2.24) is 14.5 Å². The molecule has 132 valence electrons. The van der Waals surface area contributed by atoms with Crippen molar-refractivity contribution in [2.24, 2.45) is 7.05 Å². The molecule has 0 amide bonds. The number of rotatable bonds is 5. The van der Waals surface area contributed by atoms with E-state index in [2.05, 4.69) is 15.3 Å². The number of ketones is 1. The average Bonchev–Trinajstić information content (AvgIpc) is 3.15. The van der Waals surface area contributed by atoms with Crippen LogP contribution >= 0.6 is 22.9 Å². The maximum atomic E-state index is 12.1. The number of nitrogens with zero attached hydrogens (tertiary/aromatic N) is 3. The molecule has 0 aliphatic rings. The van der Waals surface area contributed by atoms with Crippen LogP contribution in [0.3, 0.4) is 0 Å². The summed E-state index contributed by atoms with van der Waals surface area (Å²) in [5.74, 6) is 0.836. The summed E-state index contributed by atoms with van der Waals surface area (Å²) in [4.78, 5) is 21.3. The monoisotopic (exact) mass is 384 g/mol. The number of anilines is 2. The van der Waals surface area contributed by atoms with E-state index in [1.54, 1.807) is 0 Å². The molecule has 2 heterocycles. The Morgan fingerprint density at radius 2 is 2.04 bits per heavy atom. The van der Waals surface area contributed by atoms with Crippen LogP contribution < -0.4 is 5.32 Å². The van der Waals surface area contributed by atoms with Gasteiger partial charge in [0.2, 0.25) is 5.95 Å². The van der Waals surface area contributed by atoms with E-state index in [9.17, 15) is 4.79 Å². The topological polar surface area (TPSA) is 59.8 Å². The predicted octanol–water partition coefficient (Wildman–Crippen LogP) is 5.56. The summed E-state index contributed by atoms with van der Waals surface area (Å²) in [6.45, 7) is 2.00. The van der Waals surface area contributed by atoms with Gasteiger partial charge < -0.3 is 9.88 Å². The van der Waals surface area contributed by atoms with E-state index < -0.39 is 0 Å². The van der Waals surface area contributed by atoms with E-state index in [0.29, 0.717) is 23.0 Å². The van der Waals surface area contributed by atoms with Gasteiger partial charge in [0, 0.05) is 24.1 Å². The molecular formula is C19H17ClN4OS. The molecule has 0 fully saturated rings. The fourth-order valence-corrected chi connectivity index (χ4v) is 4.04. The van der Waals surface area contributed by atoms with Crippen molar-refractivity contribution in [2.75, 3.05) is 5.32 Å². The van der Waals surface area contributed by atoms with Gasteiger partial charge in [-0.1, -0.05) is 29.9 Å². The van der Waals surface area contributed by atoms with Crippen LogP contribution in [0.4, 0.5) is 11.1 Å². The number of carbonyl (C=O) groups excluding carboxylic acids is 1. The Balaban J connectivity index is 1.69. The van der Waals surface area contributed by atoms with Gasteiger partial charge in [-0.25, -0.2) is 9.97 Å². The number of imidazole rings is 1. The zero-order valence-electron chi connectivity index (χ0n) is 14.4. The third kappa shape index (κ3) is 3.06. The van der Waals surface area contributed by atoms with E-state index >= 15 is 0 Å². The standard InChI is InChI=1S/C19H17ClN4OS/c1-3-4-16(25)11-5-8-15-14(9-11)21-18(24(15)2)23-19-22-13-7-6-12(20)10-17(13)26-19/h5-10H,3-4H2,1-2H3,(H,21,22,23). The lowest BCUT2D eigenvalue weighted by atomic mass is 10.1. The first-order valence-electron chi connectivity index (χ1n) is 8.38. The van der Waals surface area contributed by atoms with Gasteiger partial charge >= 0.3 is 0 Å². The van der Waals surface area contributed by atoms with E-state index in [1.807, 2.05) is 54.9 Å². The van der Waals surface area contributed by atoms with Gasteiger partial charge in [0.25, 0.3) is 0 Å². The molecule has 4 aromatic rings. The highest BCUT2D eigenvalue weighted by Gasteiger charge is 2.13. The molecule has 0 saturated carbocycles. The summed E-state index contributed by atoms with van der Waals surface area (Å²) in [5.41, 5.74) is 3.36. The SMILES string of the molecule is CCCC(=O)c1ccc2c(c1)nc(Nc1nc3ccc(Cl)cc3s1)n2C. The molecule has 0 unspecified atom stereocenters. The van der Waals surface area contributed by atoms with E-state index in [1.165, 1.54) is 11.3 Å². The molecule has 2 aromatic heterocycles. The smallest absolute Gasteiger partial charge is 0.209 e. The highest BCUT2D eigenvalue weighted by Crippen LogP contribution is 2.31. The Labute approximate surface area is 159 Å². The molecule has 26 heavy (non-hydrogen) atoms. The largest absolute Gasteiger partial charge is 0.313 e. The predicted molar refractivity (Wildman–Crippen MR) is 108 cm³/mol. The Hall–Kier alpha value is -2.44. The van der Waals surface area contributed by atoms with Crippen molar-refractivity contribution in [3.63, 3.8) is 0 Å². The first kappa shape index (κ1) is 17.0. The van der Waals surface area contributed by atoms with Gasteiger partial charge in [-0.3, -0.25) is 4.79 Å². The first-order chi connectivity index (χ1) is 12.5. The number of hydrogen-bond donors (Lipinski definition) is 1. The van der Waals surface area contributed by atoms with E-state index in [0.717, 1.165) is 32.8 Å². The number of carbonyl (C=O) groups is 1. The molecule has 7 heteroatoms. The summed E-state index contributed by atoms with van der Waals surface area (Å²) in [7, 11) is 1.94. The molecule has 4 rings (SSSR count). The molecule has 0 saturated heterocycles. The second-order valence-electron chi connectivity index (χ2n) is 6.13. The van der Waals surface area contributed by atoms with Crippen LogP contribution in [0, 0.1) is 0 Å². The number of Topliss-reactive ketones (excluding diaryl/α,β-unsaturated/α-hetero) is 1. The van der Waals surface area contributed by atoms with Gasteiger partial charge in [0.15, 0.2) is 10.9 Å². The summed E-state index contributed by atoms with van der Waals surface area (Å²) >= 11 is 7.57. The Morgan fingerprint density at radius 1 is 1.19 bits per heavy atom. The van der Waals surface area contributed by atoms with Crippen LogP contribution in [0.2, 0.25) is 5.02 Å². The Bertz CT molecular complexity index is 1130. The molecule has 5 nitrogen and oxygen atoms in total. The van der Waals surface area contributed by atoms with Crippen LogP contribution in [0.25, 0.3) is 21.3 Å². The van der Waals surface area contributed by atoms with Crippen molar-refractivity contribution >= 4 is 61.1 Å². The normalized spacial score (nSPS) is 11.3. The highest BCUT2D eigenvalue weighted by molar-refractivity contribution is 7.22. The van der Waals surface area contributed by atoms with Crippen LogP contribution in [-0.4, -0.2) is 20.3 Å². The summed E-state index contributed by atoms with van der Waals surface area (Å²) < 4.78 is 2.98. The van der Waals surface area contributed by atoms with Crippen molar-refractivity contribution in [2.45, 2.75) is 19.8 Å². The summed E-state index contributed by atoms with van der Waals surface area (Å²) in [6.07, 6.45) is 1.39. The minimum atomic E-state index is 0.151. The molecule has 0 atom stereocenters. The third-order valence-corrected chi connectivity index (χ3v) is 5.42. The number of benzene rings is 2. The fraction of sp³-hybridized carbons (Fsp3) is 0.211. The van der Waals surface area contributed by atoms with Gasteiger partial charge in [-0.05, 0) is 42.8 Å². The average molecular weight is 385 g/mol. The van der Waals surface area contributed by atoms with E-state index in [-0.39, 0.29) is 5.78 Å². The fourth-order valence-electron chi connectivity index (χ4n) is 2.90. The van der Waals surface area contributed by atoms with Gasteiger partial charge in [0.05, 0.1) is 21.3 Å². The summed E-state index contributed by atoms with van der Waals surface area (Å²) in [5, 5.41) is 4.72. The van der Waals surface area contributed by atoms with Crippen molar-refractivity contribution in [1.29, 1.82) is 0 Å². The number of hydrogen-bond acceptors (Lipinski definition) is 5. The molecule has 0 aliphatic carbocycles. The van der Waals surface area contributed by atoms with Crippen molar-refractivity contribution < 1.29 is 4.79 Å². The molecule has 0 radical (unpaired) electrons. The quantitative estimate of drug-likeness (QED) is 0.457. The minimum Gasteiger partial charge on any atom is -0.313 e. The summed E-state index contributed by atoms with van der Waals surface area (Å²) in [6, 6.07) is 11.3. The maximum absolute atomic E-state index is 12.1. The second kappa shape index (κ2) is 6.70. The zero-order chi connectivity index (χ0) is 18.3. The Morgan fingerprint density at radius 3 is 2.85 bits per heavy atom. The van der Waals surface area contributed by atoms with Crippen LogP contribution in [0.15, 0.2) is 36.4 Å². The van der Waals surface area contributed by atoms with Crippen LogP contribution in [-0.2, 0) is 7.05 Å². The van der Waals surface area contributed by atoms with Gasteiger partial charge in [0.1, 0.15) is 0 Å². The Kier molecular flexibility index (Phi) is 4.38. The molecule has 1 N–H and O–H groups in total. The lowest BCUT2D eigenvalue weighted by Gasteiger charge is -2.02. The van der Waals surface area contributed by atoms with Gasteiger partial charge in [-0.2, -0.15) is 0 Å². The number of thiazole rings is 1. The number of halogens is 1. The molecule has 0 bridgehead atoms. The van der Waals surface area contributed by atoms with Crippen molar-refractivity contribution in [3.05, 3.63) is 47.0 Å². The number of fused-ring (bicyclic) bond motifs is 2. The molecular weight excluding hydrogens is 368 g/mol. The first-order valence-corrected chi connectivity index (χ1v) is 9.57. The lowest BCUT2D eigenvalue weighted by Crippen LogP contribution is -1.99. The second-order valence-corrected chi connectivity index (χ2v) is 7.59. The lowest BCUT2D eigenvalue weighted by molar-refractivity contribution is 0.0982. The van der Waals surface area contributed by atoms with Gasteiger partial charge in [-0.15, -0.1) is 0 Å². The van der Waals surface area contributed by atoms with Crippen LogP contribution in [0.1, 0.15) is 30.1 Å². The molecule has 0 spiro atoms. The minimum absolute atomic E-state index is 0.151. The molecule has 0 aliphatic heterocycles. The number of nitrogens with one attached hydrogen (secondary N) is 1. The molecule has 2 aromatic carbocycles. The third-order valence-electron chi connectivity index (χ3n) is 4.25. The number of aromatic nitrogens is 3. The number of aryl methyl sites for hydroxylation is 1. The van der Waals surface area contributed by atoms with E-state index in [4.69, 9.17) is 11.6 Å². The zero-order valence-corrected chi connectivity index (χ0v) is 16.0. The maximum Gasteiger partial charge on any atom is 0.209 e. The highest BCUT2D eigenvalue weighted by atomic mass is 35.5. The van der Waals surface area contributed by atoms with Crippen LogP contribution in [0.5, 0.6) is 0 Å². The van der Waals surface area contributed by atoms with Crippen molar-refractivity contribution in [3.8, 4) is 0 Å².